The van der Waals surface area contributed by atoms with Crippen molar-refractivity contribution < 1.29 is 39.1 Å². The van der Waals surface area contributed by atoms with Crippen molar-refractivity contribution in [3.05, 3.63) is 35.4 Å². The second kappa shape index (κ2) is 6.88. The molecule has 0 spiro atoms. The Morgan fingerprint density at radius 1 is 1.04 bits per heavy atom. The minimum absolute atomic E-state index is 0.0154. The van der Waals surface area contributed by atoms with Gasteiger partial charge < -0.3 is 34.3 Å². The van der Waals surface area contributed by atoms with Gasteiger partial charge in [0.2, 0.25) is 11.5 Å². The number of benzene rings is 2. The average molecular weight is 376 g/mol. The number of methoxy groups -OCH3 is 3. The van der Waals surface area contributed by atoms with Crippen LogP contribution in [0.1, 0.15) is 15.9 Å². The van der Waals surface area contributed by atoms with Crippen molar-refractivity contribution in [2.75, 3.05) is 27.9 Å². The molecule has 1 aliphatic rings. The van der Waals surface area contributed by atoms with Gasteiger partial charge in [0.25, 0.3) is 0 Å². The normalized spacial score (nSPS) is 18.4. The number of Topliss-reactive ketones (excluding diaryl/α,β-unsaturated/α-hetero) is 1. The van der Waals surface area contributed by atoms with E-state index in [4.69, 9.17) is 18.9 Å². The number of aliphatic hydroxyl groups is 1. The summed E-state index contributed by atoms with van der Waals surface area (Å²) in [5, 5.41) is 31.1. The van der Waals surface area contributed by atoms with Gasteiger partial charge in [-0.1, -0.05) is 6.07 Å². The number of phenolic OH excluding ortho intramolecular Hbond substituents is 2. The van der Waals surface area contributed by atoms with Gasteiger partial charge in [-0.3, -0.25) is 4.79 Å². The van der Waals surface area contributed by atoms with Gasteiger partial charge in [0, 0.05) is 12.5 Å². The summed E-state index contributed by atoms with van der Waals surface area (Å²) >= 11 is 0. The smallest absolute Gasteiger partial charge is 0.205 e. The fourth-order valence-corrected chi connectivity index (χ4v) is 3.11. The van der Waals surface area contributed by atoms with Crippen molar-refractivity contribution in [2.24, 2.45) is 0 Å². The zero-order valence-electron chi connectivity index (χ0n) is 15.1. The van der Waals surface area contributed by atoms with Gasteiger partial charge in [-0.05, 0) is 17.7 Å². The molecule has 0 saturated carbocycles. The Hall–Kier alpha value is -3.13. The van der Waals surface area contributed by atoms with E-state index in [1.54, 1.807) is 6.07 Å². The van der Waals surface area contributed by atoms with E-state index >= 15 is 0 Å². The van der Waals surface area contributed by atoms with Crippen LogP contribution in [0, 0.1) is 0 Å². The van der Waals surface area contributed by atoms with Crippen LogP contribution in [0.3, 0.4) is 0 Å². The average Bonchev–Trinajstić information content (AvgIpc) is 2.64. The van der Waals surface area contributed by atoms with Crippen LogP contribution >= 0.6 is 0 Å². The SMILES string of the molecule is COc1ccc(C[C@@]2(O)COc3c(OC)c(OC)cc(O)c3C2=O)cc1O. The molecule has 0 unspecified atom stereocenters. The van der Waals surface area contributed by atoms with Gasteiger partial charge in [0.1, 0.15) is 17.9 Å². The van der Waals surface area contributed by atoms with E-state index in [0.29, 0.717) is 5.56 Å². The Labute approximate surface area is 155 Å². The van der Waals surface area contributed by atoms with Gasteiger partial charge in [-0.15, -0.1) is 0 Å². The highest BCUT2D eigenvalue weighted by molar-refractivity contribution is 6.08. The number of hydrogen-bond donors (Lipinski definition) is 3. The zero-order valence-corrected chi connectivity index (χ0v) is 15.1. The second-order valence-electron chi connectivity index (χ2n) is 6.17. The van der Waals surface area contributed by atoms with Crippen LogP contribution in [0.25, 0.3) is 0 Å². The number of rotatable bonds is 5. The molecule has 144 valence electrons. The maximum absolute atomic E-state index is 13.0. The first-order valence-corrected chi connectivity index (χ1v) is 8.08. The Balaban J connectivity index is 1.99. The summed E-state index contributed by atoms with van der Waals surface area (Å²) in [7, 11) is 4.19. The molecule has 0 aromatic heterocycles. The highest BCUT2D eigenvalue weighted by atomic mass is 16.5. The monoisotopic (exact) mass is 376 g/mol. The minimum Gasteiger partial charge on any atom is -0.507 e. The quantitative estimate of drug-likeness (QED) is 0.722. The molecular weight excluding hydrogens is 356 g/mol. The summed E-state index contributed by atoms with van der Waals surface area (Å²) in [4.78, 5) is 13.0. The van der Waals surface area contributed by atoms with Crippen molar-refractivity contribution in [1.82, 2.24) is 0 Å². The van der Waals surface area contributed by atoms with E-state index in [1.165, 1.54) is 39.5 Å². The number of phenols is 2. The molecule has 0 fully saturated rings. The summed E-state index contributed by atoms with van der Waals surface area (Å²) in [6.07, 6.45) is -0.128. The third-order valence-electron chi connectivity index (χ3n) is 4.45. The predicted octanol–water partition coefficient (Wildman–Crippen LogP) is 1.67. The van der Waals surface area contributed by atoms with E-state index in [-0.39, 0.29) is 53.1 Å². The fraction of sp³-hybridized carbons (Fsp3) is 0.316. The Bertz CT molecular complexity index is 892. The van der Waals surface area contributed by atoms with E-state index < -0.39 is 11.4 Å². The van der Waals surface area contributed by atoms with E-state index in [9.17, 15) is 20.1 Å². The van der Waals surface area contributed by atoms with Gasteiger partial charge in [0.05, 0.1) is 21.3 Å². The topological polar surface area (TPSA) is 115 Å². The molecule has 8 heteroatoms. The van der Waals surface area contributed by atoms with Crippen LogP contribution in [0.2, 0.25) is 0 Å². The molecule has 0 amide bonds. The van der Waals surface area contributed by atoms with Crippen molar-refractivity contribution in [1.29, 1.82) is 0 Å². The minimum atomic E-state index is -1.93. The van der Waals surface area contributed by atoms with Gasteiger partial charge in [0.15, 0.2) is 28.6 Å². The predicted molar refractivity (Wildman–Crippen MR) is 94.3 cm³/mol. The van der Waals surface area contributed by atoms with Crippen molar-refractivity contribution in [3.8, 4) is 34.5 Å². The summed E-state index contributed by atoms with van der Waals surface area (Å²) in [6, 6.07) is 5.77. The molecule has 3 rings (SSSR count). The third kappa shape index (κ3) is 3.08. The first-order valence-electron chi connectivity index (χ1n) is 8.08. The Kier molecular flexibility index (Phi) is 4.75. The van der Waals surface area contributed by atoms with Crippen LogP contribution in [0.5, 0.6) is 34.5 Å². The van der Waals surface area contributed by atoms with Gasteiger partial charge in [-0.25, -0.2) is 0 Å². The molecule has 1 atom stereocenters. The maximum Gasteiger partial charge on any atom is 0.205 e. The third-order valence-corrected chi connectivity index (χ3v) is 4.45. The molecular formula is C19H20O8. The first kappa shape index (κ1) is 18.7. The summed E-state index contributed by atoms with van der Waals surface area (Å²) < 4.78 is 20.9. The molecule has 3 N–H and O–H groups in total. The lowest BCUT2D eigenvalue weighted by molar-refractivity contribution is -0.00317. The van der Waals surface area contributed by atoms with Crippen LogP contribution in [0.15, 0.2) is 24.3 Å². The molecule has 0 aliphatic carbocycles. The van der Waals surface area contributed by atoms with Crippen molar-refractivity contribution in [3.63, 3.8) is 0 Å². The molecule has 8 nitrogen and oxygen atoms in total. The molecule has 1 aliphatic heterocycles. The van der Waals surface area contributed by atoms with E-state index in [1.807, 2.05) is 0 Å². The molecule has 0 radical (unpaired) electrons. The maximum atomic E-state index is 13.0. The van der Waals surface area contributed by atoms with Gasteiger partial charge in [-0.2, -0.15) is 0 Å². The summed E-state index contributed by atoms with van der Waals surface area (Å²) in [5.41, 5.74) is -1.61. The molecule has 1 heterocycles. The fourth-order valence-electron chi connectivity index (χ4n) is 3.11. The molecule has 2 aromatic carbocycles. The van der Waals surface area contributed by atoms with Crippen LogP contribution in [-0.2, 0) is 6.42 Å². The van der Waals surface area contributed by atoms with Crippen molar-refractivity contribution in [2.45, 2.75) is 12.0 Å². The largest absolute Gasteiger partial charge is 0.507 e. The molecule has 2 aromatic rings. The number of fused-ring (bicyclic) bond motifs is 1. The number of ether oxygens (including phenoxy) is 4. The lowest BCUT2D eigenvalue weighted by atomic mass is 9.84. The Morgan fingerprint density at radius 2 is 1.74 bits per heavy atom. The summed E-state index contributed by atoms with van der Waals surface area (Å²) in [6.45, 7) is -0.353. The number of carbonyl (C=O) groups is 1. The van der Waals surface area contributed by atoms with Crippen LogP contribution in [-0.4, -0.2) is 54.6 Å². The number of ketones is 1. The Morgan fingerprint density at radius 3 is 2.33 bits per heavy atom. The van der Waals surface area contributed by atoms with Crippen LogP contribution in [0.4, 0.5) is 0 Å². The molecule has 0 bridgehead atoms. The highest BCUT2D eigenvalue weighted by Crippen LogP contribution is 2.48. The zero-order chi connectivity index (χ0) is 19.8. The van der Waals surface area contributed by atoms with E-state index in [0.717, 1.165) is 0 Å². The van der Waals surface area contributed by atoms with Crippen LogP contribution < -0.4 is 18.9 Å². The van der Waals surface area contributed by atoms with Gasteiger partial charge >= 0.3 is 0 Å². The lowest BCUT2D eigenvalue weighted by Crippen LogP contribution is -2.49. The van der Waals surface area contributed by atoms with E-state index in [2.05, 4.69) is 0 Å². The molecule has 27 heavy (non-hydrogen) atoms. The number of carbonyl (C=O) groups excluding carboxylic acids is 1. The highest BCUT2D eigenvalue weighted by Gasteiger charge is 2.46. The van der Waals surface area contributed by atoms with Crippen molar-refractivity contribution >= 4 is 5.78 Å². The first-order chi connectivity index (χ1) is 12.8. The molecule has 0 saturated heterocycles. The lowest BCUT2D eigenvalue weighted by Gasteiger charge is -2.33. The number of aromatic hydroxyl groups is 2. The summed E-state index contributed by atoms with van der Waals surface area (Å²) in [5.74, 6) is -0.563. The second-order valence-corrected chi connectivity index (χ2v) is 6.17. The number of hydrogen-bond acceptors (Lipinski definition) is 8. The standard InChI is InChI=1S/C19H20O8/c1-24-13-5-4-10(6-11(13)20)8-19(23)9-27-17-15(18(19)22)12(21)7-14(25-2)16(17)26-3/h4-7,20-21,23H,8-9H2,1-3H3/t19-/m1/s1.